The number of aryl methyl sites for hydroxylation is 2. The Morgan fingerprint density at radius 2 is 1.73 bits per heavy atom. The van der Waals surface area contributed by atoms with Gasteiger partial charge in [0.05, 0.1) is 21.8 Å². The van der Waals surface area contributed by atoms with E-state index in [1.165, 1.54) is 34.6 Å². The minimum absolute atomic E-state index is 0.159. The molecule has 0 aliphatic rings. The first-order valence-corrected chi connectivity index (χ1v) is 9.55. The lowest BCUT2D eigenvalue weighted by atomic mass is 10.2. The van der Waals surface area contributed by atoms with E-state index in [1.54, 1.807) is 13.0 Å². The zero-order chi connectivity index (χ0) is 21.8. The number of hydrogen-bond acceptors (Lipinski definition) is 7. The van der Waals surface area contributed by atoms with Gasteiger partial charge in [-0.15, -0.1) is 0 Å². The van der Waals surface area contributed by atoms with Gasteiger partial charge >= 0.3 is 5.82 Å². The average Bonchev–Trinajstić information content (AvgIpc) is 3.04. The number of anilines is 1. The van der Waals surface area contributed by atoms with Gasteiger partial charge in [0.25, 0.3) is 5.69 Å². The van der Waals surface area contributed by atoms with Gasteiger partial charge in [0.15, 0.2) is 0 Å². The molecule has 0 bridgehead atoms. The van der Waals surface area contributed by atoms with E-state index in [4.69, 9.17) is 0 Å². The molecule has 0 saturated carbocycles. The largest absolute Gasteiger partial charge is 0.390 e. The van der Waals surface area contributed by atoms with Gasteiger partial charge in [0.2, 0.25) is 5.91 Å². The molecule has 0 radical (unpaired) electrons. The molecule has 0 saturated heterocycles. The molecule has 0 unspecified atom stereocenters. The van der Waals surface area contributed by atoms with Gasteiger partial charge in [-0.05, 0) is 37.0 Å². The number of nitrogens with zero attached hydrogens (tertiary/aromatic N) is 4. The fourth-order valence-electron chi connectivity index (χ4n) is 2.64. The Balaban J connectivity index is 1.79. The highest BCUT2D eigenvalue weighted by molar-refractivity contribution is 7.99. The van der Waals surface area contributed by atoms with E-state index in [-0.39, 0.29) is 23.7 Å². The van der Waals surface area contributed by atoms with Crippen LogP contribution in [0.2, 0.25) is 0 Å². The van der Waals surface area contributed by atoms with E-state index in [1.807, 2.05) is 31.2 Å². The Morgan fingerprint density at radius 1 is 1.03 bits per heavy atom. The number of carbonyl (C=O) groups is 1. The monoisotopic (exact) mass is 427 g/mol. The zero-order valence-corrected chi connectivity index (χ0v) is 16.9. The number of non-ortho nitro benzene ring substituents is 1. The Morgan fingerprint density at radius 3 is 2.33 bits per heavy atom. The van der Waals surface area contributed by atoms with Crippen LogP contribution in [0.4, 0.5) is 17.2 Å². The normalized spacial score (nSPS) is 10.6. The molecular weight excluding hydrogens is 410 g/mol. The molecule has 154 valence electrons. The molecule has 1 N–H and O–H groups in total. The first-order valence-electron chi connectivity index (χ1n) is 8.74. The van der Waals surface area contributed by atoms with Gasteiger partial charge in [-0.2, -0.15) is 4.68 Å². The summed E-state index contributed by atoms with van der Waals surface area (Å²) in [5.41, 5.74) is 1.64. The van der Waals surface area contributed by atoms with Crippen molar-refractivity contribution in [2.75, 3.05) is 5.32 Å². The van der Waals surface area contributed by atoms with Gasteiger partial charge < -0.3 is 15.4 Å². The Bertz CT molecular complexity index is 1130. The van der Waals surface area contributed by atoms with E-state index >= 15 is 0 Å². The number of nitro groups is 2. The molecule has 0 aliphatic carbocycles. The number of nitro benzene ring substituents is 1. The predicted molar refractivity (Wildman–Crippen MR) is 111 cm³/mol. The number of rotatable bonds is 7. The fourth-order valence-corrected chi connectivity index (χ4v) is 3.55. The molecule has 0 aliphatic heterocycles. The second-order valence-electron chi connectivity index (χ2n) is 6.49. The molecule has 1 heterocycles. The lowest BCUT2D eigenvalue weighted by molar-refractivity contribution is -0.389. The summed E-state index contributed by atoms with van der Waals surface area (Å²) in [6.07, 6.45) is 0. The highest BCUT2D eigenvalue weighted by Crippen LogP contribution is 2.33. The highest BCUT2D eigenvalue weighted by Gasteiger charge is 2.18. The van der Waals surface area contributed by atoms with E-state index in [2.05, 4.69) is 10.4 Å². The third-order valence-electron chi connectivity index (χ3n) is 4.09. The van der Waals surface area contributed by atoms with Crippen molar-refractivity contribution in [2.45, 2.75) is 30.2 Å². The van der Waals surface area contributed by atoms with Crippen LogP contribution in [0.1, 0.15) is 11.3 Å². The molecule has 2 aromatic carbocycles. The number of carbonyl (C=O) groups excluding carboxylic acids is 1. The van der Waals surface area contributed by atoms with E-state index in [0.717, 1.165) is 10.5 Å². The van der Waals surface area contributed by atoms with Crippen molar-refractivity contribution in [3.05, 3.63) is 80.0 Å². The van der Waals surface area contributed by atoms with Crippen molar-refractivity contribution in [1.82, 2.24) is 9.78 Å². The van der Waals surface area contributed by atoms with Crippen LogP contribution in [-0.4, -0.2) is 25.5 Å². The minimum Gasteiger partial charge on any atom is -0.358 e. The number of amides is 1. The van der Waals surface area contributed by atoms with Crippen LogP contribution in [0.3, 0.4) is 0 Å². The molecule has 0 spiro atoms. The third-order valence-corrected chi connectivity index (χ3v) is 5.07. The minimum atomic E-state index is -0.642. The molecule has 11 heteroatoms. The van der Waals surface area contributed by atoms with E-state index < -0.39 is 15.8 Å². The second-order valence-corrected chi connectivity index (χ2v) is 7.64. The van der Waals surface area contributed by atoms with Crippen LogP contribution in [0, 0.1) is 34.1 Å². The molecule has 1 amide bonds. The lowest BCUT2D eigenvalue weighted by Crippen LogP contribution is -2.20. The Kier molecular flexibility index (Phi) is 6.11. The predicted octanol–water partition coefficient (Wildman–Crippen LogP) is 4.11. The third kappa shape index (κ3) is 5.20. The Hall–Kier alpha value is -3.73. The molecular formula is C19H17N5O5S. The molecule has 3 aromatic rings. The summed E-state index contributed by atoms with van der Waals surface area (Å²) in [5, 5.41) is 28.5. The quantitative estimate of drug-likeness (QED) is 0.443. The smallest absolute Gasteiger partial charge is 0.358 e. The first kappa shape index (κ1) is 21.0. The maximum absolute atomic E-state index is 12.4. The summed E-state index contributed by atoms with van der Waals surface area (Å²) < 4.78 is 1.20. The summed E-state index contributed by atoms with van der Waals surface area (Å²) in [7, 11) is 0. The Labute approximate surface area is 175 Å². The summed E-state index contributed by atoms with van der Waals surface area (Å²) >= 11 is 1.33. The van der Waals surface area contributed by atoms with Crippen LogP contribution in [0.25, 0.3) is 0 Å². The first-order chi connectivity index (χ1) is 14.2. The zero-order valence-electron chi connectivity index (χ0n) is 16.1. The number of nitrogens with one attached hydrogen (secondary N) is 1. The molecule has 0 atom stereocenters. The van der Waals surface area contributed by atoms with Gasteiger partial charge in [0, 0.05) is 27.6 Å². The molecule has 0 fully saturated rings. The molecule has 30 heavy (non-hydrogen) atoms. The molecule has 1 aromatic heterocycles. The lowest BCUT2D eigenvalue weighted by Gasteiger charge is -2.08. The van der Waals surface area contributed by atoms with Crippen LogP contribution in [0.5, 0.6) is 0 Å². The maximum atomic E-state index is 12.4. The molecule has 10 nitrogen and oxygen atoms in total. The van der Waals surface area contributed by atoms with Crippen molar-refractivity contribution in [3.8, 4) is 0 Å². The topological polar surface area (TPSA) is 133 Å². The molecule has 3 rings (SSSR count). The standard InChI is InChI=1S/C19H17N5O5S/c1-12-3-5-16(6-4-12)30-17-9-14(8-15(10-17)23(26)27)20-19(25)11-22-13(2)7-18(21-22)24(28)29/h3-10H,11H2,1-2H3,(H,20,25). The fraction of sp³-hybridized carbons (Fsp3) is 0.158. The summed E-state index contributed by atoms with van der Waals surface area (Å²) in [6.45, 7) is 3.30. The van der Waals surface area contributed by atoms with Gasteiger partial charge in [-0.3, -0.25) is 14.9 Å². The van der Waals surface area contributed by atoms with Gasteiger partial charge in [0.1, 0.15) is 6.54 Å². The number of aromatic nitrogens is 2. The summed E-state index contributed by atoms with van der Waals surface area (Å²) in [4.78, 5) is 34.8. The van der Waals surface area contributed by atoms with Gasteiger partial charge in [-0.25, -0.2) is 0 Å². The van der Waals surface area contributed by atoms with Crippen LogP contribution < -0.4 is 5.32 Å². The van der Waals surface area contributed by atoms with E-state index in [0.29, 0.717) is 10.6 Å². The van der Waals surface area contributed by atoms with Gasteiger partial charge in [-0.1, -0.05) is 29.5 Å². The number of hydrogen-bond donors (Lipinski definition) is 1. The van der Waals surface area contributed by atoms with Crippen molar-refractivity contribution in [1.29, 1.82) is 0 Å². The van der Waals surface area contributed by atoms with Crippen molar-refractivity contribution in [3.63, 3.8) is 0 Å². The summed E-state index contributed by atoms with van der Waals surface area (Å²) in [6, 6.07) is 13.3. The highest BCUT2D eigenvalue weighted by atomic mass is 32.2. The number of benzene rings is 2. The van der Waals surface area contributed by atoms with Crippen molar-refractivity contribution < 1.29 is 14.6 Å². The maximum Gasteiger partial charge on any atom is 0.390 e. The summed E-state index contributed by atoms with van der Waals surface area (Å²) in [5.74, 6) is -0.865. The second kappa shape index (κ2) is 8.74. The van der Waals surface area contributed by atoms with Crippen LogP contribution >= 0.6 is 11.8 Å². The van der Waals surface area contributed by atoms with Crippen LogP contribution in [-0.2, 0) is 11.3 Å². The van der Waals surface area contributed by atoms with Crippen LogP contribution in [0.15, 0.2) is 58.3 Å². The SMILES string of the molecule is Cc1ccc(Sc2cc(NC(=O)Cn3nc([N+](=O)[O-])cc3C)cc([N+](=O)[O-])c2)cc1. The van der Waals surface area contributed by atoms with Crippen molar-refractivity contribution >= 4 is 34.9 Å². The van der Waals surface area contributed by atoms with E-state index in [9.17, 15) is 25.0 Å². The average molecular weight is 427 g/mol. The van der Waals surface area contributed by atoms with Crippen molar-refractivity contribution in [2.24, 2.45) is 0 Å².